The van der Waals surface area contributed by atoms with Crippen LogP contribution in [0.1, 0.15) is 22.7 Å². The second-order valence-electron chi connectivity index (χ2n) is 4.58. The van der Waals surface area contributed by atoms with Crippen LogP contribution in [0.5, 0.6) is 0 Å². The molecule has 0 fully saturated rings. The van der Waals surface area contributed by atoms with Crippen LogP contribution in [0.15, 0.2) is 36.4 Å². The van der Waals surface area contributed by atoms with Crippen molar-refractivity contribution in [3.05, 3.63) is 68.2 Å². The molecule has 2 nitrogen and oxygen atoms in total. The number of hydrogen-bond donors (Lipinski definition) is 2. The average molecular weight is 330 g/mol. The predicted octanol–water partition coefficient (Wildman–Crippen LogP) is 4.70. The van der Waals surface area contributed by atoms with Crippen LogP contribution in [-0.2, 0) is 6.42 Å². The maximum Gasteiger partial charge on any atom is 0.0504 e. The van der Waals surface area contributed by atoms with Crippen LogP contribution in [0.2, 0.25) is 15.1 Å². The predicted molar refractivity (Wildman–Crippen MR) is 86.4 cm³/mol. The Morgan fingerprint density at radius 2 is 1.55 bits per heavy atom. The van der Waals surface area contributed by atoms with E-state index in [4.69, 9.17) is 40.6 Å². The molecule has 2 rings (SSSR count). The highest BCUT2D eigenvalue weighted by atomic mass is 35.5. The van der Waals surface area contributed by atoms with Crippen molar-refractivity contribution in [2.45, 2.75) is 19.4 Å². The SMILES string of the molecule is Cc1c(Cl)cccc1C(Cc1c(Cl)cccc1Cl)NN. The molecule has 3 N–H and O–H groups in total. The molecular weight excluding hydrogens is 315 g/mol. The maximum atomic E-state index is 6.21. The third kappa shape index (κ3) is 3.27. The summed E-state index contributed by atoms with van der Waals surface area (Å²) in [5.74, 6) is 5.69. The zero-order chi connectivity index (χ0) is 14.7. The number of nitrogens with two attached hydrogens (primary N) is 1. The molecule has 0 aliphatic rings. The second kappa shape index (κ2) is 6.79. The van der Waals surface area contributed by atoms with E-state index >= 15 is 0 Å². The summed E-state index contributed by atoms with van der Waals surface area (Å²) >= 11 is 18.6. The Labute approximate surface area is 133 Å². The van der Waals surface area contributed by atoms with Gasteiger partial charge in [0.25, 0.3) is 0 Å². The van der Waals surface area contributed by atoms with Crippen molar-refractivity contribution in [3.8, 4) is 0 Å². The normalized spacial score (nSPS) is 12.4. The van der Waals surface area contributed by atoms with Gasteiger partial charge in [-0.1, -0.05) is 53.0 Å². The third-order valence-corrected chi connectivity index (χ3v) is 4.47. The molecule has 1 atom stereocenters. The van der Waals surface area contributed by atoms with Crippen molar-refractivity contribution >= 4 is 34.8 Å². The summed E-state index contributed by atoms with van der Waals surface area (Å²) < 4.78 is 0. The fourth-order valence-electron chi connectivity index (χ4n) is 2.19. The smallest absolute Gasteiger partial charge is 0.0504 e. The topological polar surface area (TPSA) is 38.0 Å². The molecule has 1 unspecified atom stereocenters. The van der Waals surface area contributed by atoms with Crippen LogP contribution in [-0.4, -0.2) is 0 Å². The van der Waals surface area contributed by atoms with Gasteiger partial charge in [0.1, 0.15) is 0 Å². The summed E-state index contributed by atoms with van der Waals surface area (Å²) in [7, 11) is 0. The van der Waals surface area contributed by atoms with Gasteiger partial charge in [0.05, 0.1) is 6.04 Å². The Hall–Kier alpha value is -0.770. The van der Waals surface area contributed by atoms with Gasteiger partial charge in [-0.2, -0.15) is 0 Å². The van der Waals surface area contributed by atoms with E-state index in [0.29, 0.717) is 21.5 Å². The number of benzene rings is 2. The molecule has 0 amide bonds. The van der Waals surface area contributed by atoms with Gasteiger partial charge in [-0.05, 0) is 48.2 Å². The van der Waals surface area contributed by atoms with Gasteiger partial charge in [0.2, 0.25) is 0 Å². The Kier molecular flexibility index (Phi) is 5.30. The fourth-order valence-corrected chi connectivity index (χ4v) is 2.93. The molecule has 5 heteroatoms. The van der Waals surface area contributed by atoms with Crippen molar-refractivity contribution in [2.24, 2.45) is 5.84 Å². The molecule has 0 spiro atoms. The van der Waals surface area contributed by atoms with Crippen LogP contribution < -0.4 is 11.3 Å². The van der Waals surface area contributed by atoms with Gasteiger partial charge in [0.15, 0.2) is 0 Å². The van der Waals surface area contributed by atoms with E-state index < -0.39 is 0 Å². The summed E-state index contributed by atoms with van der Waals surface area (Å²) in [4.78, 5) is 0. The van der Waals surface area contributed by atoms with Gasteiger partial charge in [-0.25, -0.2) is 0 Å². The summed E-state index contributed by atoms with van der Waals surface area (Å²) in [6.45, 7) is 1.97. The lowest BCUT2D eigenvalue weighted by molar-refractivity contribution is 0.549. The molecule has 20 heavy (non-hydrogen) atoms. The maximum absolute atomic E-state index is 6.21. The van der Waals surface area contributed by atoms with Gasteiger partial charge in [-0.15, -0.1) is 0 Å². The van der Waals surface area contributed by atoms with Gasteiger partial charge in [-0.3, -0.25) is 11.3 Å². The van der Waals surface area contributed by atoms with Crippen LogP contribution in [0.3, 0.4) is 0 Å². The minimum absolute atomic E-state index is 0.105. The molecule has 0 saturated carbocycles. The van der Waals surface area contributed by atoms with Crippen LogP contribution in [0.25, 0.3) is 0 Å². The minimum atomic E-state index is -0.105. The van der Waals surface area contributed by atoms with Crippen molar-refractivity contribution in [1.29, 1.82) is 0 Å². The van der Waals surface area contributed by atoms with Crippen molar-refractivity contribution in [2.75, 3.05) is 0 Å². The Morgan fingerprint density at radius 3 is 2.15 bits per heavy atom. The minimum Gasteiger partial charge on any atom is -0.271 e. The summed E-state index contributed by atoms with van der Waals surface area (Å²) in [6, 6.07) is 11.1. The van der Waals surface area contributed by atoms with E-state index in [9.17, 15) is 0 Å². The first-order chi connectivity index (χ1) is 9.54. The van der Waals surface area contributed by atoms with Gasteiger partial charge in [0, 0.05) is 15.1 Å². The largest absolute Gasteiger partial charge is 0.271 e. The van der Waals surface area contributed by atoms with E-state index in [1.165, 1.54) is 0 Å². The Balaban J connectivity index is 2.37. The molecule has 0 radical (unpaired) electrons. The first kappa shape index (κ1) is 15.6. The number of hydrogen-bond acceptors (Lipinski definition) is 2. The van der Waals surface area contributed by atoms with E-state index in [0.717, 1.165) is 16.7 Å². The lowest BCUT2D eigenvalue weighted by atomic mass is 9.96. The van der Waals surface area contributed by atoms with Crippen molar-refractivity contribution in [1.82, 2.24) is 5.43 Å². The highest BCUT2D eigenvalue weighted by Crippen LogP contribution is 2.31. The van der Waals surface area contributed by atoms with Crippen LogP contribution >= 0.6 is 34.8 Å². The molecule has 106 valence electrons. The van der Waals surface area contributed by atoms with Gasteiger partial charge < -0.3 is 0 Å². The van der Waals surface area contributed by atoms with E-state index in [-0.39, 0.29) is 6.04 Å². The zero-order valence-corrected chi connectivity index (χ0v) is 13.2. The monoisotopic (exact) mass is 328 g/mol. The van der Waals surface area contributed by atoms with E-state index in [1.54, 1.807) is 0 Å². The van der Waals surface area contributed by atoms with Crippen molar-refractivity contribution in [3.63, 3.8) is 0 Å². The Bertz CT molecular complexity index is 594. The quantitative estimate of drug-likeness (QED) is 0.630. The van der Waals surface area contributed by atoms with Crippen molar-refractivity contribution < 1.29 is 0 Å². The highest BCUT2D eigenvalue weighted by Gasteiger charge is 2.17. The standard InChI is InChI=1S/C15H15Cl3N2/c1-9-10(4-2-5-12(9)16)15(20-19)8-11-13(17)6-3-7-14(11)18/h2-7,15,20H,8,19H2,1H3. The van der Waals surface area contributed by atoms with E-state index in [1.807, 2.05) is 43.3 Å². The Morgan fingerprint density at radius 1 is 1.00 bits per heavy atom. The van der Waals surface area contributed by atoms with Crippen LogP contribution in [0, 0.1) is 6.92 Å². The molecular formula is C15H15Cl3N2. The summed E-state index contributed by atoms with van der Waals surface area (Å²) in [5, 5.41) is 1.99. The van der Waals surface area contributed by atoms with Crippen LogP contribution in [0.4, 0.5) is 0 Å². The lowest BCUT2D eigenvalue weighted by Gasteiger charge is -2.20. The number of rotatable bonds is 4. The third-order valence-electron chi connectivity index (χ3n) is 3.36. The molecule has 0 aromatic heterocycles. The molecule has 0 heterocycles. The highest BCUT2D eigenvalue weighted by molar-refractivity contribution is 6.36. The zero-order valence-electron chi connectivity index (χ0n) is 11.0. The summed E-state index contributed by atoms with van der Waals surface area (Å²) in [6.07, 6.45) is 0.593. The first-order valence-corrected chi connectivity index (χ1v) is 7.32. The first-order valence-electron chi connectivity index (χ1n) is 6.18. The lowest BCUT2D eigenvalue weighted by Crippen LogP contribution is -2.30. The molecule has 0 aliphatic heterocycles. The second-order valence-corrected chi connectivity index (χ2v) is 5.80. The summed E-state index contributed by atoms with van der Waals surface area (Å²) in [5.41, 5.74) is 5.72. The molecule has 0 aliphatic carbocycles. The van der Waals surface area contributed by atoms with Gasteiger partial charge >= 0.3 is 0 Å². The molecule has 0 bridgehead atoms. The van der Waals surface area contributed by atoms with E-state index in [2.05, 4.69) is 5.43 Å². The molecule has 2 aromatic carbocycles. The average Bonchev–Trinajstić information content (AvgIpc) is 2.42. The number of halogens is 3. The molecule has 2 aromatic rings. The molecule has 0 saturated heterocycles. The number of hydrazine groups is 1. The fraction of sp³-hybridized carbons (Fsp3) is 0.200. The number of nitrogens with one attached hydrogen (secondary N) is 1.